The summed E-state index contributed by atoms with van der Waals surface area (Å²) in [6, 6.07) is 10.1. The molecule has 27 heavy (non-hydrogen) atoms. The summed E-state index contributed by atoms with van der Waals surface area (Å²) in [7, 11) is 1.94. The minimum Gasteiger partial charge on any atom is -0.481 e. The second kappa shape index (κ2) is 7.92. The Bertz CT molecular complexity index is 789. The SMILES string of the molecule is CN(Cc1ccccc1)c1ncc(C(C)(C)C(=O)O)c(N2CCOCC2)n1. The van der Waals surface area contributed by atoms with Gasteiger partial charge in [0.05, 0.1) is 18.6 Å². The van der Waals surface area contributed by atoms with E-state index in [0.717, 1.165) is 5.56 Å². The third-order valence-corrected chi connectivity index (χ3v) is 4.88. The van der Waals surface area contributed by atoms with E-state index in [2.05, 4.69) is 22.0 Å². The number of hydrogen-bond acceptors (Lipinski definition) is 6. The van der Waals surface area contributed by atoms with E-state index < -0.39 is 11.4 Å². The average molecular weight is 370 g/mol. The smallest absolute Gasteiger partial charge is 0.313 e. The summed E-state index contributed by atoms with van der Waals surface area (Å²) in [6.07, 6.45) is 1.66. The molecule has 1 saturated heterocycles. The molecule has 3 rings (SSSR count). The van der Waals surface area contributed by atoms with E-state index >= 15 is 0 Å². The topological polar surface area (TPSA) is 78.8 Å². The fourth-order valence-electron chi connectivity index (χ4n) is 3.05. The number of benzene rings is 1. The van der Waals surface area contributed by atoms with Crippen LogP contribution in [0.5, 0.6) is 0 Å². The van der Waals surface area contributed by atoms with Gasteiger partial charge in [-0.3, -0.25) is 4.79 Å². The predicted octanol–water partition coefficient (Wildman–Crippen LogP) is 2.31. The van der Waals surface area contributed by atoms with Gasteiger partial charge in [0.2, 0.25) is 5.95 Å². The molecule has 7 nitrogen and oxygen atoms in total. The highest BCUT2D eigenvalue weighted by Gasteiger charge is 2.35. The van der Waals surface area contributed by atoms with Crippen LogP contribution < -0.4 is 9.80 Å². The first-order valence-corrected chi connectivity index (χ1v) is 9.08. The standard InChI is InChI=1S/C20H26N4O3/c1-20(2,18(25)26)16-13-21-19(22-17(16)24-9-11-27-12-10-24)23(3)14-15-7-5-4-6-8-15/h4-8,13H,9-12,14H2,1-3H3,(H,25,26). The Morgan fingerprint density at radius 2 is 1.93 bits per heavy atom. The molecule has 1 N–H and O–H groups in total. The lowest BCUT2D eigenvalue weighted by Crippen LogP contribution is -2.40. The van der Waals surface area contributed by atoms with E-state index in [1.807, 2.05) is 30.1 Å². The van der Waals surface area contributed by atoms with Gasteiger partial charge in [-0.2, -0.15) is 4.98 Å². The van der Waals surface area contributed by atoms with Crippen LogP contribution in [0.15, 0.2) is 36.5 Å². The first-order valence-electron chi connectivity index (χ1n) is 9.08. The van der Waals surface area contributed by atoms with Crippen molar-refractivity contribution in [1.29, 1.82) is 0 Å². The van der Waals surface area contributed by atoms with Crippen molar-refractivity contribution in [3.05, 3.63) is 47.7 Å². The molecule has 0 unspecified atom stereocenters. The molecule has 0 radical (unpaired) electrons. The third-order valence-electron chi connectivity index (χ3n) is 4.88. The van der Waals surface area contributed by atoms with Crippen LogP contribution in [0.4, 0.5) is 11.8 Å². The molecule has 1 fully saturated rings. The molecule has 144 valence electrons. The summed E-state index contributed by atoms with van der Waals surface area (Å²) in [5.41, 5.74) is 0.699. The van der Waals surface area contributed by atoms with Crippen LogP contribution in [-0.4, -0.2) is 54.4 Å². The minimum atomic E-state index is -1.08. The molecule has 1 aromatic carbocycles. The molecule has 0 aliphatic carbocycles. The zero-order valence-electron chi connectivity index (χ0n) is 16.1. The zero-order chi connectivity index (χ0) is 19.4. The van der Waals surface area contributed by atoms with Crippen LogP contribution >= 0.6 is 0 Å². The average Bonchev–Trinajstić information content (AvgIpc) is 2.68. The second-order valence-corrected chi connectivity index (χ2v) is 7.28. The molecule has 2 heterocycles. The van der Waals surface area contributed by atoms with Crippen LogP contribution in [0, 0.1) is 0 Å². The van der Waals surface area contributed by atoms with Gasteiger partial charge in [0.1, 0.15) is 5.82 Å². The van der Waals surface area contributed by atoms with E-state index in [9.17, 15) is 9.90 Å². The maximum absolute atomic E-state index is 11.8. The molecule has 2 aromatic rings. The van der Waals surface area contributed by atoms with Crippen LogP contribution in [0.3, 0.4) is 0 Å². The molecule has 1 aromatic heterocycles. The fraction of sp³-hybridized carbons (Fsp3) is 0.450. The van der Waals surface area contributed by atoms with Gasteiger partial charge in [-0.25, -0.2) is 4.98 Å². The molecule has 0 spiro atoms. The summed E-state index contributed by atoms with van der Waals surface area (Å²) in [5.74, 6) is 0.354. The highest BCUT2D eigenvalue weighted by atomic mass is 16.5. The third kappa shape index (κ3) is 4.19. The molecule has 0 saturated carbocycles. The number of morpholine rings is 1. The number of anilines is 2. The first-order chi connectivity index (χ1) is 12.9. The highest BCUT2D eigenvalue weighted by molar-refractivity contribution is 5.82. The lowest BCUT2D eigenvalue weighted by atomic mass is 9.85. The van der Waals surface area contributed by atoms with Crippen molar-refractivity contribution in [2.75, 3.05) is 43.2 Å². The number of hydrogen-bond donors (Lipinski definition) is 1. The van der Waals surface area contributed by atoms with Gasteiger partial charge < -0.3 is 19.6 Å². The molecular weight excluding hydrogens is 344 g/mol. The van der Waals surface area contributed by atoms with Gasteiger partial charge in [0.15, 0.2) is 0 Å². The van der Waals surface area contributed by atoms with Gasteiger partial charge in [-0.15, -0.1) is 0 Å². The van der Waals surface area contributed by atoms with Crippen molar-refractivity contribution < 1.29 is 14.6 Å². The largest absolute Gasteiger partial charge is 0.481 e. The maximum Gasteiger partial charge on any atom is 0.313 e. The van der Waals surface area contributed by atoms with Crippen molar-refractivity contribution in [1.82, 2.24) is 9.97 Å². The Kier molecular flexibility index (Phi) is 5.60. The summed E-state index contributed by atoms with van der Waals surface area (Å²) < 4.78 is 5.44. The van der Waals surface area contributed by atoms with Crippen molar-refractivity contribution in [3.8, 4) is 0 Å². The number of ether oxygens (including phenoxy) is 1. The van der Waals surface area contributed by atoms with Crippen LogP contribution in [0.25, 0.3) is 0 Å². The molecule has 0 atom stereocenters. The van der Waals surface area contributed by atoms with Gasteiger partial charge in [0, 0.05) is 38.4 Å². The van der Waals surface area contributed by atoms with Gasteiger partial charge in [-0.1, -0.05) is 30.3 Å². The number of aromatic nitrogens is 2. The summed E-state index contributed by atoms with van der Waals surface area (Å²) >= 11 is 0. The monoisotopic (exact) mass is 370 g/mol. The summed E-state index contributed by atoms with van der Waals surface area (Å²) in [5, 5.41) is 9.68. The van der Waals surface area contributed by atoms with Crippen molar-refractivity contribution in [2.45, 2.75) is 25.8 Å². The van der Waals surface area contributed by atoms with Crippen LogP contribution in [0.1, 0.15) is 25.0 Å². The van der Waals surface area contributed by atoms with Gasteiger partial charge in [0.25, 0.3) is 0 Å². The molecule has 0 amide bonds. The maximum atomic E-state index is 11.8. The molecule has 0 bridgehead atoms. The van der Waals surface area contributed by atoms with Crippen molar-refractivity contribution in [2.24, 2.45) is 0 Å². The van der Waals surface area contributed by atoms with Gasteiger partial charge in [-0.05, 0) is 19.4 Å². The van der Waals surface area contributed by atoms with E-state index in [1.165, 1.54) is 0 Å². The van der Waals surface area contributed by atoms with E-state index in [0.29, 0.717) is 50.2 Å². The first kappa shape index (κ1) is 19.1. The predicted molar refractivity (Wildman–Crippen MR) is 104 cm³/mol. The number of carbonyl (C=O) groups is 1. The Morgan fingerprint density at radius 1 is 1.26 bits per heavy atom. The quantitative estimate of drug-likeness (QED) is 0.836. The zero-order valence-corrected chi connectivity index (χ0v) is 16.1. The lowest BCUT2D eigenvalue weighted by molar-refractivity contribution is -0.142. The fourth-order valence-corrected chi connectivity index (χ4v) is 3.05. The second-order valence-electron chi connectivity index (χ2n) is 7.28. The Hall–Kier alpha value is -2.67. The highest BCUT2D eigenvalue weighted by Crippen LogP contribution is 2.32. The van der Waals surface area contributed by atoms with E-state index in [1.54, 1.807) is 20.0 Å². The Morgan fingerprint density at radius 3 is 2.56 bits per heavy atom. The number of aliphatic carboxylic acids is 1. The Labute approximate surface area is 159 Å². The van der Waals surface area contributed by atoms with Gasteiger partial charge >= 0.3 is 5.97 Å². The number of carboxylic acid groups (broad SMARTS) is 1. The van der Waals surface area contributed by atoms with Crippen molar-refractivity contribution >= 4 is 17.7 Å². The molecular formula is C20H26N4O3. The lowest BCUT2D eigenvalue weighted by Gasteiger charge is -2.33. The molecule has 1 aliphatic rings. The number of carboxylic acids is 1. The van der Waals surface area contributed by atoms with E-state index in [4.69, 9.17) is 9.72 Å². The van der Waals surface area contributed by atoms with Crippen LogP contribution in [0.2, 0.25) is 0 Å². The van der Waals surface area contributed by atoms with Crippen molar-refractivity contribution in [3.63, 3.8) is 0 Å². The molecule has 7 heteroatoms. The van der Waals surface area contributed by atoms with E-state index in [-0.39, 0.29) is 0 Å². The summed E-state index contributed by atoms with van der Waals surface area (Å²) in [6.45, 7) is 6.61. The normalized spacial score (nSPS) is 14.9. The summed E-state index contributed by atoms with van der Waals surface area (Å²) in [4.78, 5) is 25.1. The number of nitrogens with zero attached hydrogens (tertiary/aromatic N) is 4. The van der Waals surface area contributed by atoms with Crippen LogP contribution in [-0.2, 0) is 21.5 Å². The molecule has 1 aliphatic heterocycles. The Balaban J connectivity index is 1.95. The number of rotatable bonds is 6. The minimum absolute atomic E-state index is 0.574.